The Morgan fingerprint density at radius 3 is 2.61 bits per heavy atom. The maximum absolute atomic E-state index is 13.2. The van der Waals surface area contributed by atoms with Crippen molar-refractivity contribution in [1.29, 1.82) is 0 Å². The van der Waals surface area contributed by atoms with Crippen molar-refractivity contribution in [2.24, 2.45) is 0 Å². The molecule has 2 saturated heterocycles. The van der Waals surface area contributed by atoms with Crippen LogP contribution in [0.3, 0.4) is 0 Å². The van der Waals surface area contributed by atoms with E-state index in [1.807, 2.05) is 23.1 Å². The number of nitrogens with zero attached hydrogens (tertiary/aromatic N) is 2. The summed E-state index contributed by atoms with van der Waals surface area (Å²) in [5.74, 6) is 1.26. The molecule has 2 fully saturated rings. The molecule has 0 saturated carbocycles. The molecule has 0 aromatic heterocycles. The van der Waals surface area contributed by atoms with Crippen LogP contribution < -0.4 is 9.47 Å². The Balaban J connectivity index is 1.29. The number of benzene rings is 2. The summed E-state index contributed by atoms with van der Waals surface area (Å²) < 4.78 is 29.8. The maximum Gasteiger partial charge on any atom is 0.249 e. The Hall–Kier alpha value is -2.64. The summed E-state index contributed by atoms with van der Waals surface area (Å²) in [6.07, 6.45) is -0.00726. The number of rotatable bonds is 4. The highest BCUT2D eigenvalue weighted by Crippen LogP contribution is 2.33. The first-order valence-corrected chi connectivity index (χ1v) is 9.42. The Morgan fingerprint density at radius 2 is 1.75 bits per heavy atom. The van der Waals surface area contributed by atoms with Crippen LogP contribution in [-0.4, -0.2) is 54.3 Å². The molecule has 0 bridgehead atoms. The summed E-state index contributed by atoms with van der Waals surface area (Å²) in [5.41, 5.74) is 2.06. The zero-order valence-corrected chi connectivity index (χ0v) is 15.3. The molecule has 28 heavy (non-hydrogen) atoms. The zero-order chi connectivity index (χ0) is 19.1. The van der Waals surface area contributed by atoms with Crippen molar-refractivity contribution in [3.05, 3.63) is 59.4 Å². The van der Waals surface area contributed by atoms with Gasteiger partial charge in [-0.2, -0.15) is 0 Å². The number of halogens is 1. The van der Waals surface area contributed by atoms with Crippen LogP contribution in [0, 0.1) is 5.82 Å². The van der Waals surface area contributed by atoms with Crippen LogP contribution in [0.5, 0.6) is 11.5 Å². The largest absolute Gasteiger partial charge is 0.454 e. The number of carbonyl (C=O) groups is 1. The lowest BCUT2D eigenvalue weighted by Gasteiger charge is -2.36. The van der Waals surface area contributed by atoms with Crippen molar-refractivity contribution < 1.29 is 23.4 Å². The van der Waals surface area contributed by atoms with E-state index in [0.717, 1.165) is 42.3 Å². The number of hydrogen-bond donors (Lipinski definition) is 0. The third-order valence-corrected chi connectivity index (χ3v) is 5.56. The van der Waals surface area contributed by atoms with E-state index in [9.17, 15) is 9.18 Å². The number of morpholine rings is 1. The fourth-order valence-electron chi connectivity index (χ4n) is 4.16. The van der Waals surface area contributed by atoms with Crippen molar-refractivity contribution in [2.75, 3.05) is 26.5 Å². The van der Waals surface area contributed by atoms with E-state index in [-0.39, 0.29) is 37.3 Å². The van der Waals surface area contributed by atoms with Crippen LogP contribution >= 0.6 is 0 Å². The normalized spacial score (nSPS) is 23.9. The third kappa shape index (κ3) is 3.31. The van der Waals surface area contributed by atoms with Gasteiger partial charge in [-0.15, -0.1) is 0 Å². The topological polar surface area (TPSA) is 51.2 Å². The number of fused-ring (bicyclic) bond motifs is 2. The van der Waals surface area contributed by atoms with Gasteiger partial charge in [-0.1, -0.05) is 18.2 Å². The summed E-state index contributed by atoms with van der Waals surface area (Å²) in [4.78, 5) is 16.6. The highest BCUT2D eigenvalue weighted by atomic mass is 19.1. The van der Waals surface area contributed by atoms with E-state index < -0.39 is 0 Å². The number of hydrogen-bond acceptors (Lipinski definition) is 5. The van der Waals surface area contributed by atoms with Crippen molar-refractivity contribution >= 4 is 5.91 Å². The van der Waals surface area contributed by atoms with Gasteiger partial charge >= 0.3 is 0 Å². The van der Waals surface area contributed by atoms with Crippen molar-refractivity contribution in [2.45, 2.75) is 25.2 Å². The minimum absolute atomic E-state index is 0.000290. The first kappa shape index (κ1) is 17.5. The molecular weight excluding hydrogens is 363 g/mol. The average Bonchev–Trinajstić information content (AvgIpc) is 3.32. The molecular formula is C21H21FN2O4. The molecule has 0 aliphatic carbocycles. The van der Waals surface area contributed by atoms with Crippen LogP contribution in [-0.2, 0) is 22.6 Å². The van der Waals surface area contributed by atoms with Gasteiger partial charge in [-0.3, -0.25) is 9.69 Å². The summed E-state index contributed by atoms with van der Waals surface area (Å²) in [6, 6.07) is 12.3. The molecule has 3 aliphatic rings. The van der Waals surface area contributed by atoms with Crippen molar-refractivity contribution in [3.8, 4) is 11.5 Å². The van der Waals surface area contributed by atoms with Gasteiger partial charge in [0.15, 0.2) is 11.5 Å². The van der Waals surface area contributed by atoms with E-state index in [4.69, 9.17) is 14.2 Å². The maximum atomic E-state index is 13.2. The lowest BCUT2D eigenvalue weighted by molar-refractivity contribution is -0.153. The number of ether oxygens (including phenoxy) is 3. The molecule has 6 nitrogen and oxygen atoms in total. The van der Waals surface area contributed by atoms with Crippen molar-refractivity contribution in [1.82, 2.24) is 9.80 Å². The fourth-order valence-corrected chi connectivity index (χ4v) is 4.16. The molecule has 146 valence electrons. The van der Waals surface area contributed by atoms with Gasteiger partial charge in [0.2, 0.25) is 12.7 Å². The van der Waals surface area contributed by atoms with Gasteiger partial charge in [-0.25, -0.2) is 4.39 Å². The lowest BCUT2D eigenvalue weighted by Crippen LogP contribution is -2.53. The van der Waals surface area contributed by atoms with Gasteiger partial charge < -0.3 is 19.1 Å². The molecule has 3 aliphatic heterocycles. The summed E-state index contributed by atoms with van der Waals surface area (Å²) in [5, 5.41) is 0. The Bertz CT molecular complexity index is 888. The quantitative estimate of drug-likeness (QED) is 0.809. The molecule has 5 rings (SSSR count). The third-order valence-electron chi connectivity index (χ3n) is 5.56. The molecule has 2 atom stereocenters. The van der Waals surface area contributed by atoms with E-state index in [1.54, 1.807) is 12.1 Å². The van der Waals surface area contributed by atoms with Crippen LogP contribution in [0.2, 0.25) is 0 Å². The second-order valence-electron chi connectivity index (χ2n) is 7.45. The van der Waals surface area contributed by atoms with E-state index in [0.29, 0.717) is 6.54 Å². The highest BCUT2D eigenvalue weighted by Gasteiger charge is 2.43. The lowest BCUT2D eigenvalue weighted by atomic mass is 10.1. The minimum atomic E-state index is -0.273. The predicted octanol–water partition coefficient (Wildman–Crippen LogP) is 2.17. The van der Waals surface area contributed by atoms with E-state index in [1.165, 1.54) is 12.1 Å². The monoisotopic (exact) mass is 384 g/mol. The van der Waals surface area contributed by atoms with E-state index >= 15 is 0 Å². The first-order valence-electron chi connectivity index (χ1n) is 9.42. The van der Waals surface area contributed by atoms with Gasteiger partial charge in [-0.05, 0) is 35.4 Å². The second-order valence-corrected chi connectivity index (χ2v) is 7.45. The fraction of sp³-hybridized carbons (Fsp3) is 0.381. The summed E-state index contributed by atoms with van der Waals surface area (Å²) in [6.45, 7) is 3.10. The number of carbonyl (C=O) groups excluding carboxylic acids is 1. The minimum Gasteiger partial charge on any atom is -0.454 e. The molecule has 0 unspecified atom stereocenters. The van der Waals surface area contributed by atoms with E-state index in [2.05, 4.69) is 4.90 Å². The van der Waals surface area contributed by atoms with Crippen LogP contribution in [0.15, 0.2) is 42.5 Å². The molecule has 0 N–H and O–H groups in total. The Labute approximate surface area is 162 Å². The standard InChI is InChI=1S/C21H21FN2O4/c22-16-4-1-14(2-5-16)9-24-17-10-23(11-20(17)26-12-21(24)25)8-15-3-6-18-19(7-15)28-13-27-18/h1-7,17,20H,8-13H2/t17-,20+/m1/s1. The van der Waals surface area contributed by atoms with Crippen LogP contribution in [0.1, 0.15) is 11.1 Å². The Kier molecular flexibility index (Phi) is 4.41. The second kappa shape index (κ2) is 7.07. The molecule has 7 heteroatoms. The zero-order valence-electron chi connectivity index (χ0n) is 15.3. The first-order chi connectivity index (χ1) is 13.7. The molecule has 2 aromatic rings. The van der Waals surface area contributed by atoms with Crippen LogP contribution in [0.25, 0.3) is 0 Å². The molecule has 3 heterocycles. The van der Waals surface area contributed by atoms with Gasteiger partial charge in [0.25, 0.3) is 0 Å². The van der Waals surface area contributed by atoms with Crippen molar-refractivity contribution in [3.63, 3.8) is 0 Å². The average molecular weight is 384 g/mol. The smallest absolute Gasteiger partial charge is 0.249 e. The van der Waals surface area contributed by atoms with Crippen LogP contribution in [0.4, 0.5) is 4.39 Å². The predicted molar refractivity (Wildman–Crippen MR) is 98.3 cm³/mol. The summed E-state index contributed by atoms with van der Waals surface area (Å²) >= 11 is 0. The van der Waals surface area contributed by atoms with Gasteiger partial charge in [0.05, 0.1) is 12.1 Å². The Morgan fingerprint density at radius 1 is 0.964 bits per heavy atom. The van der Waals surface area contributed by atoms with Gasteiger partial charge in [0, 0.05) is 26.2 Å². The SMILES string of the molecule is O=C1CO[C@H]2CN(Cc3ccc4c(c3)OCO4)C[C@H]2N1Cc1ccc(F)cc1. The molecule has 0 spiro atoms. The van der Waals surface area contributed by atoms with Gasteiger partial charge in [0.1, 0.15) is 12.4 Å². The molecule has 1 amide bonds. The number of likely N-dealkylation sites (tertiary alicyclic amines) is 1. The molecule has 0 radical (unpaired) electrons. The summed E-state index contributed by atoms with van der Waals surface area (Å²) in [7, 11) is 0. The highest BCUT2D eigenvalue weighted by molar-refractivity contribution is 5.78. The number of amides is 1. The molecule has 2 aromatic carbocycles.